The quantitative estimate of drug-likeness (QED) is 0.683. The van der Waals surface area contributed by atoms with Crippen LogP contribution in [0.2, 0.25) is 0 Å². The molecule has 1 aliphatic rings. The molecule has 0 saturated carbocycles. The van der Waals surface area contributed by atoms with Crippen molar-refractivity contribution in [2.75, 3.05) is 38.0 Å². The van der Waals surface area contributed by atoms with Gasteiger partial charge >= 0.3 is 0 Å². The van der Waals surface area contributed by atoms with Gasteiger partial charge in [0.15, 0.2) is 0 Å². The topological polar surface area (TPSA) is 69.7 Å². The Morgan fingerprint density at radius 3 is 2.37 bits per heavy atom. The second-order valence-corrected chi connectivity index (χ2v) is 9.32. The Morgan fingerprint density at radius 1 is 0.900 bits per heavy atom. The molecule has 30 heavy (non-hydrogen) atoms. The number of amides is 1. The van der Waals surface area contributed by atoms with Crippen molar-refractivity contribution in [1.82, 2.24) is 9.21 Å². The van der Waals surface area contributed by atoms with Gasteiger partial charge in [0.2, 0.25) is 10.0 Å². The number of sulfonamides is 1. The lowest BCUT2D eigenvalue weighted by Gasteiger charge is -2.33. The predicted molar refractivity (Wildman–Crippen MR) is 119 cm³/mol. The van der Waals surface area contributed by atoms with E-state index in [-0.39, 0.29) is 10.8 Å². The van der Waals surface area contributed by atoms with Crippen LogP contribution in [-0.2, 0) is 10.0 Å². The summed E-state index contributed by atoms with van der Waals surface area (Å²) in [6.07, 6.45) is 0. The molecule has 3 aromatic carbocycles. The molecule has 1 amide bonds. The molecule has 6 nitrogen and oxygen atoms in total. The van der Waals surface area contributed by atoms with Crippen molar-refractivity contribution in [3.63, 3.8) is 0 Å². The molecule has 1 fully saturated rings. The Labute approximate surface area is 177 Å². The third kappa shape index (κ3) is 4.23. The molecule has 156 valence electrons. The summed E-state index contributed by atoms with van der Waals surface area (Å²) in [4.78, 5) is 15.1. The van der Waals surface area contributed by atoms with Gasteiger partial charge in [-0.05, 0) is 47.6 Å². The van der Waals surface area contributed by atoms with Gasteiger partial charge in [-0.1, -0.05) is 43.3 Å². The molecule has 1 aliphatic heterocycles. The minimum atomic E-state index is -3.59. The first-order chi connectivity index (χ1) is 14.5. The number of piperazine rings is 1. The molecule has 4 rings (SSSR count). The summed E-state index contributed by atoms with van der Waals surface area (Å²) in [7, 11) is -3.59. The van der Waals surface area contributed by atoms with E-state index in [9.17, 15) is 13.2 Å². The summed E-state index contributed by atoms with van der Waals surface area (Å²) in [6.45, 7) is 5.41. The number of anilines is 1. The lowest BCUT2D eigenvalue weighted by atomic mass is 10.1. The molecular weight excluding hydrogens is 398 g/mol. The first-order valence-corrected chi connectivity index (χ1v) is 11.5. The summed E-state index contributed by atoms with van der Waals surface area (Å²) in [5, 5.41) is 4.86. The number of nitrogens with one attached hydrogen (secondary N) is 1. The van der Waals surface area contributed by atoms with E-state index in [0.717, 1.165) is 30.4 Å². The van der Waals surface area contributed by atoms with E-state index in [1.807, 2.05) is 36.4 Å². The standard InChI is InChI=1S/C23H25N3O3S/c1-2-25-12-14-26(15-13-25)30(28,29)22-9-5-8-21(17-22)24-23(27)20-11-10-18-6-3-4-7-19(18)16-20/h3-11,16-17H,2,12-15H2,1H3,(H,24,27). The number of hydrogen-bond donors (Lipinski definition) is 1. The maximum atomic E-state index is 13.0. The van der Waals surface area contributed by atoms with E-state index in [1.165, 1.54) is 10.4 Å². The molecule has 0 spiro atoms. The van der Waals surface area contributed by atoms with E-state index in [0.29, 0.717) is 24.3 Å². The number of carbonyl (C=O) groups excluding carboxylic acids is 1. The third-order valence-electron chi connectivity index (χ3n) is 5.52. The molecule has 1 N–H and O–H groups in total. The number of fused-ring (bicyclic) bond motifs is 1. The van der Waals surface area contributed by atoms with Crippen molar-refractivity contribution in [2.24, 2.45) is 0 Å². The molecule has 0 aromatic heterocycles. The third-order valence-corrected chi connectivity index (χ3v) is 7.41. The highest BCUT2D eigenvalue weighted by Gasteiger charge is 2.28. The normalized spacial score (nSPS) is 15.9. The summed E-state index contributed by atoms with van der Waals surface area (Å²) in [6, 6.07) is 19.8. The van der Waals surface area contributed by atoms with Crippen LogP contribution in [0.4, 0.5) is 5.69 Å². The minimum absolute atomic E-state index is 0.198. The molecule has 1 heterocycles. The molecule has 0 atom stereocenters. The maximum Gasteiger partial charge on any atom is 0.255 e. The van der Waals surface area contributed by atoms with E-state index < -0.39 is 10.0 Å². The van der Waals surface area contributed by atoms with Crippen molar-refractivity contribution < 1.29 is 13.2 Å². The SMILES string of the molecule is CCN1CCN(S(=O)(=O)c2cccc(NC(=O)c3ccc4ccccc4c3)c2)CC1. The second kappa shape index (κ2) is 8.55. The summed E-state index contributed by atoms with van der Waals surface area (Å²) >= 11 is 0. The van der Waals surface area contributed by atoms with Crippen LogP contribution in [-0.4, -0.2) is 56.3 Å². The fraction of sp³-hybridized carbons (Fsp3) is 0.261. The average Bonchev–Trinajstić information content (AvgIpc) is 2.79. The zero-order valence-electron chi connectivity index (χ0n) is 16.9. The average molecular weight is 424 g/mol. The first kappa shape index (κ1) is 20.5. The van der Waals surface area contributed by atoms with Crippen molar-refractivity contribution in [2.45, 2.75) is 11.8 Å². The second-order valence-electron chi connectivity index (χ2n) is 7.38. The molecule has 3 aromatic rings. The van der Waals surface area contributed by atoms with Gasteiger partial charge in [-0.25, -0.2) is 8.42 Å². The van der Waals surface area contributed by atoms with Gasteiger partial charge in [-0.2, -0.15) is 4.31 Å². The summed E-state index contributed by atoms with van der Waals surface area (Å²) in [5.41, 5.74) is 0.985. The van der Waals surface area contributed by atoms with Gasteiger partial charge in [0.1, 0.15) is 0 Å². The fourth-order valence-electron chi connectivity index (χ4n) is 3.70. The lowest BCUT2D eigenvalue weighted by Crippen LogP contribution is -2.48. The van der Waals surface area contributed by atoms with Gasteiger partial charge in [-0.3, -0.25) is 4.79 Å². The fourth-order valence-corrected chi connectivity index (χ4v) is 5.17. The number of likely N-dealkylation sites (N-methyl/N-ethyl adjacent to an activating group) is 1. The van der Waals surface area contributed by atoms with Crippen LogP contribution < -0.4 is 5.32 Å². The van der Waals surface area contributed by atoms with Gasteiger partial charge in [0, 0.05) is 37.4 Å². The monoisotopic (exact) mass is 423 g/mol. The van der Waals surface area contributed by atoms with Gasteiger partial charge in [0.25, 0.3) is 5.91 Å². The van der Waals surface area contributed by atoms with E-state index >= 15 is 0 Å². The minimum Gasteiger partial charge on any atom is -0.322 e. The number of benzene rings is 3. The van der Waals surface area contributed by atoms with E-state index in [4.69, 9.17) is 0 Å². The molecule has 0 bridgehead atoms. The van der Waals surface area contributed by atoms with Crippen molar-refractivity contribution in [3.8, 4) is 0 Å². The highest BCUT2D eigenvalue weighted by molar-refractivity contribution is 7.89. The highest BCUT2D eigenvalue weighted by atomic mass is 32.2. The molecule has 0 aliphatic carbocycles. The molecule has 7 heteroatoms. The van der Waals surface area contributed by atoms with Crippen LogP contribution in [0, 0.1) is 0 Å². The van der Waals surface area contributed by atoms with Gasteiger partial charge in [-0.15, -0.1) is 0 Å². The Bertz CT molecular complexity index is 1170. The molecule has 0 radical (unpaired) electrons. The first-order valence-electron chi connectivity index (χ1n) is 10.1. The van der Waals surface area contributed by atoms with Crippen LogP contribution >= 0.6 is 0 Å². The lowest BCUT2D eigenvalue weighted by molar-refractivity contribution is 0.102. The van der Waals surface area contributed by atoms with Gasteiger partial charge in [0.05, 0.1) is 4.90 Å². The summed E-state index contributed by atoms with van der Waals surface area (Å²) in [5.74, 6) is -0.271. The van der Waals surface area contributed by atoms with E-state index in [2.05, 4.69) is 17.1 Å². The molecule has 0 unspecified atom stereocenters. The van der Waals surface area contributed by atoms with Crippen LogP contribution in [0.1, 0.15) is 17.3 Å². The van der Waals surface area contributed by atoms with Crippen LogP contribution in [0.5, 0.6) is 0 Å². The van der Waals surface area contributed by atoms with Crippen LogP contribution in [0.3, 0.4) is 0 Å². The van der Waals surface area contributed by atoms with Crippen molar-refractivity contribution >= 4 is 32.4 Å². The van der Waals surface area contributed by atoms with E-state index in [1.54, 1.807) is 24.3 Å². The Hall–Kier alpha value is -2.74. The Morgan fingerprint density at radius 2 is 1.63 bits per heavy atom. The Kier molecular flexibility index (Phi) is 5.85. The number of nitrogens with zero attached hydrogens (tertiary/aromatic N) is 2. The highest BCUT2D eigenvalue weighted by Crippen LogP contribution is 2.22. The predicted octanol–water partition coefficient (Wildman–Crippen LogP) is 3.42. The number of rotatable bonds is 5. The number of hydrogen-bond acceptors (Lipinski definition) is 4. The van der Waals surface area contributed by atoms with Crippen LogP contribution in [0.15, 0.2) is 71.6 Å². The van der Waals surface area contributed by atoms with Crippen molar-refractivity contribution in [3.05, 3.63) is 72.3 Å². The molecular formula is C23H25N3O3S. The zero-order valence-corrected chi connectivity index (χ0v) is 17.7. The van der Waals surface area contributed by atoms with Gasteiger partial charge < -0.3 is 10.2 Å². The Balaban J connectivity index is 1.52. The largest absolute Gasteiger partial charge is 0.322 e. The van der Waals surface area contributed by atoms with Crippen molar-refractivity contribution in [1.29, 1.82) is 0 Å². The number of carbonyl (C=O) groups is 1. The zero-order chi connectivity index (χ0) is 21.1. The maximum absolute atomic E-state index is 13.0. The summed E-state index contributed by atoms with van der Waals surface area (Å²) < 4.78 is 27.6. The molecule has 1 saturated heterocycles. The smallest absolute Gasteiger partial charge is 0.255 e. The van der Waals surface area contributed by atoms with Crippen LogP contribution in [0.25, 0.3) is 10.8 Å².